The first kappa shape index (κ1) is 12.9. The lowest BCUT2D eigenvalue weighted by molar-refractivity contribution is 1.19. The van der Waals surface area contributed by atoms with E-state index in [1.165, 1.54) is 0 Å². The fraction of sp³-hybridized carbons (Fsp3) is 0.0769. The summed E-state index contributed by atoms with van der Waals surface area (Å²) >= 11 is 9.41. The highest BCUT2D eigenvalue weighted by molar-refractivity contribution is 9.10. The number of anilines is 2. The zero-order chi connectivity index (χ0) is 13.1. The van der Waals surface area contributed by atoms with E-state index >= 15 is 0 Å². The maximum Gasteiger partial charge on any atom is 0.131 e. The minimum Gasteiger partial charge on any atom is -0.339 e. The van der Waals surface area contributed by atoms with Gasteiger partial charge in [-0.05, 0) is 47.1 Å². The van der Waals surface area contributed by atoms with Crippen molar-refractivity contribution in [3.05, 3.63) is 51.1 Å². The van der Waals surface area contributed by atoms with E-state index in [9.17, 15) is 0 Å². The summed E-state index contributed by atoms with van der Waals surface area (Å²) in [6.07, 6.45) is 0. The van der Waals surface area contributed by atoms with E-state index in [1.54, 1.807) is 18.2 Å². The Morgan fingerprint density at radius 1 is 1.39 bits per heavy atom. The van der Waals surface area contributed by atoms with Crippen molar-refractivity contribution >= 4 is 39.0 Å². The number of pyridine rings is 1. The first-order valence-corrected chi connectivity index (χ1v) is 6.37. The van der Waals surface area contributed by atoms with Gasteiger partial charge in [0.15, 0.2) is 0 Å². The third kappa shape index (κ3) is 2.81. The second-order valence-electron chi connectivity index (χ2n) is 3.72. The van der Waals surface area contributed by atoms with Gasteiger partial charge in [-0.25, -0.2) is 4.98 Å². The van der Waals surface area contributed by atoms with Crippen LogP contribution >= 0.6 is 27.5 Å². The Balaban J connectivity index is 2.37. The second-order valence-corrected chi connectivity index (χ2v) is 4.92. The number of hydrogen-bond donors (Lipinski definition) is 1. The number of benzene rings is 1. The lowest BCUT2D eigenvalue weighted by Crippen LogP contribution is -1.97. The molecule has 1 N–H and O–H groups in total. The Bertz CT molecular complexity index is 635. The molecule has 0 fully saturated rings. The van der Waals surface area contributed by atoms with E-state index < -0.39 is 0 Å². The molecule has 1 heterocycles. The van der Waals surface area contributed by atoms with E-state index in [4.69, 9.17) is 16.9 Å². The van der Waals surface area contributed by atoms with Gasteiger partial charge < -0.3 is 5.32 Å². The Morgan fingerprint density at radius 3 is 2.89 bits per heavy atom. The zero-order valence-electron chi connectivity index (χ0n) is 9.54. The van der Waals surface area contributed by atoms with Crippen LogP contribution in [0.2, 0.25) is 5.02 Å². The maximum absolute atomic E-state index is 8.92. The van der Waals surface area contributed by atoms with Crippen LogP contribution in [-0.4, -0.2) is 4.98 Å². The number of nitriles is 1. The molecule has 18 heavy (non-hydrogen) atoms. The molecule has 90 valence electrons. The predicted octanol–water partition coefficient (Wildman–Crippen LogP) is 4.42. The standard InChI is InChI=1S/C13H9BrClN3/c1-8-5-9(7-16)6-12(17-8)18-11-4-2-3-10(15)13(11)14/h2-6H,1H3,(H,17,18). The second kappa shape index (κ2) is 5.38. The van der Waals surface area contributed by atoms with Crippen LogP contribution in [0.15, 0.2) is 34.8 Å². The summed E-state index contributed by atoms with van der Waals surface area (Å²) in [6.45, 7) is 1.85. The number of halogens is 2. The molecule has 0 saturated carbocycles. The van der Waals surface area contributed by atoms with Crippen molar-refractivity contribution in [3.8, 4) is 6.07 Å². The molecule has 0 aliphatic carbocycles. The maximum atomic E-state index is 8.92. The Labute approximate surface area is 119 Å². The van der Waals surface area contributed by atoms with Gasteiger partial charge in [0, 0.05) is 5.69 Å². The van der Waals surface area contributed by atoms with E-state index in [0.717, 1.165) is 15.9 Å². The van der Waals surface area contributed by atoms with Crippen LogP contribution in [0.25, 0.3) is 0 Å². The van der Waals surface area contributed by atoms with Gasteiger partial charge >= 0.3 is 0 Å². The highest BCUT2D eigenvalue weighted by Crippen LogP contribution is 2.31. The molecule has 0 saturated heterocycles. The monoisotopic (exact) mass is 321 g/mol. The molecular weight excluding hydrogens is 314 g/mol. The van der Waals surface area contributed by atoms with Crippen molar-refractivity contribution < 1.29 is 0 Å². The summed E-state index contributed by atoms with van der Waals surface area (Å²) in [5.74, 6) is 0.620. The summed E-state index contributed by atoms with van der Waals surface area (Å²) in [6, 6.07) is 11.0. The third-order valence-electron chi connectivity index (χ3n) is 2.30. The number of hydrogen-bond acceptors (Lipinski definition) is 3. The fourth-order valence-corrected chi connectivity index (χ4v) is 2.07. The Morgan fingerprint density at radius 2 is 2.17 bits per heavy atom. The number of nitrogens with one attached hydrogen (secondary N) is 1. The molecule has 2 rings (SSSR count). The number of aryl methyl sites for hydroxylation is 1. The van der Waals surface area contributed by atoms with Crippen LogP contribution in [-0.2, 0) is 0 Å². The van der Waals surface area contributed by atoms with Gasteiger partial charge in [0.2, 0.25) is 0 Å². The molecule has 0 amide bonds. The van der Waals surface area contributed by atoms with Gasteiger partial charge in [0.05, 0.1) is 26.8 Å². The molecule has 1 aromatic carbocycles. The fourth-order valence-electron chi connectivity index (χ4n) is 1.54. The van der Waals surface area contributed by atoms with Gasteiger partial charge in [-0.2, -0.15) is 5.26 Å². The highest BCUT2D eigenvalue weighted by atomic mass is 79.9. The van der Waals surface area contributed by atoms with Crippen molar-refractivity contribution in [3.63, 3.8) is 0 Å². The summed E-state index contributed by atoms with van der Waals surface area (Å²) in [5, 5.41) is 12.7. The van der Waals surface area contributed by atoms with Crippen molar-refractivity contribution in [2.45, 2.75) is 6.92 Å². The van der Waals surface area contributed by atoms with Gasteiger partial charge in [0.1, 0.15) is 5.82 Å². The van der Waals surface area contributed by atoms with Crippen molar-refractivity contribution in [2.75, 3.05) is 5.32 Å². The average molecular weight is 323 g/mol. The summed E-state index contributed by atoms with van der Waals surface area (Å²) in [4.78, 5) is 4.32. The average Bonchev–Trinajstić information content (AvgIpc) is 2.34. The highest BCUT2D eigenvalue weighted by Gasteiger charge is 2.06. The van der Waals surface area contributed by atoms with Gasteiger partial charge in [-0.1, -0.05) is 17.7 Å². The third-order valence-corrected chi connectivity index (χ3v) is 3.69. The molecule has 2 aromatic rings. The molecule has 0 spiro atoms. The Hall–Kier alpha value is -1.57. The number of rotatable bonds is 2. The van der Waals surface area contributed by atoms with Crippen LogP contribution in [0.4, 0.5) is 11.5 Å². The molecular formula is C13H9BrClN3. The predicted molar refractivity (Wildman–Crippen MR) is 76.1 cm³/mol. The van der Waals surface area contributed by atoms with Crippen molar-refractivity contribution in [2.24, 2.45) is 0 Å². The minimum atomic E-state index is 0.572. The van der Waals surface area contributed by atoms with Gasteiger partial charge in [-0.15, -0.1) is 0 Å². The molecule has 0 bridgehead atoms. The minimum absolute atomic E-state index is 0.572. The van der Waals surface area contributed by atoms with Crippen LogP contribution in [0.3, 0.4) is 0 Å². The molecule has 3 nitrogen and oxygen atoms in total. The first-order valence-electron chi connectivity index (χ1n) is 5.20. The van der Waals surface area contributed by atoms with E-state index in [-0.39, 0.29) is 0 Å². The van der Waals surface area contributed by atoms with E-state index in [1.807, 2.05) is 19.1 Å². The Kier molecular flexibility index (Phi) is 3.85. The SMILES string of the molecule is Cc1cc(C#N)cc(Nc2cccc(Cl)c2Br)n1. The molecule has 0 aliphatic heterocycles. The first-order chi connectivity index (χ1) is 8.60. The number of nitrogens with zero attached hydrogens (tertiary/aromatic N) is 2. The van der Waals surface area contributed by atoms with Gasteiger partial charge in [-0.3, -0.25) is 0 Å². The molecule has 0 atom stereocenters. The largest absolute Gasteiger partial charge is 0.339 e. The lowest BCUT2D eigenvalue weighted by atomic mass is 10.2. The van der Waals surface area contributed by atoms with Crippen LogP contribution in [0.1, 0.15) is 11.3 Å². The topological polar surface area (TPSA) is 48.7 Å². The normalized spacial score (nSPS) is 9.89. The summed E-state index contributed by atoms with van der Waals surface area (Å²) in [5.41, 5.74) is 2.17. The van der Waals surface area contributed by atoms with Crippen molar-refractivity contribution in [1.82, 2.24) is 4.98 Å². The van der Waals surface area contributed by atoms with Crippen LogP contribution in [0.5, 0.6) is 0 Å². The van der Waals surface area contributed by atoms with E-state index in [2.05, 4.69) is 32.3 Å². The summed E-state index contributed by atoms with van der Waals surface area (Å²) < 4.78 is 0.772. The lowest BCUT2D eigenvalue weighted by Gasteiger charge is -2.09. The number of aromatic nitrogens is 1. The molecule has 5 heteroatoms. The molecule has 0 unspecified atom stereocenters. The summed E-state index contributed by atoms with van der Waals surface area (Å²) in [7, 11) is 0. The smallest absolute Gasteiger partial charge is 0.131 e. The van der Waals surface area contributed by atoms with Crippen molar-refractivity contribution in [1.29, 1.82) is 5.26 Å². The molecule has 1 aromatic heterocycles. The molecule has 0 aliphatic rings. The van der Waals surface area contributed by atoms with Crippen LogP contribution in [0, 0.1) is 18.3 Å². The molecule has 0 radical (unpaired) electrons. The quantitative estimate of drug-likeness (QED) is 0.890. The van der Waals surface area contributed by atoms with Gasteiger partial charge in [0.25, 0.3) is 0 Å². The van der Waals surface area contributed by atoms with Crippen LogP contribution < -0.4 is 5.32 Å². The zero-order valence-corrected chi connectivity index (χ0v) is 11.9. The van der Waals surface area contributed by atoms with E-state index in [0.29, 0.717) is 16.4 Å².